The molecular formula is C24H19BrO. The molecule has 1 nitrogen and oxygen atoms in total. The number of fused-ring (bicyclic) bond motifs is 1. The SMILES string of the molecule is Oc1c(Cc2ccccc2)c(Cc2ccccc2)c2ccccc2c1Br. The quantitative estimate of drug-likeness (QED) is 0.413. The highest BCUT2D eigenvalue weighted by molar-refractivity contribution is 9.10. The minimum atomic E-state index is 0.346. The molecule has 0 bridgehead atoms. The largest absolute Gasteiger partial charge is 0.506 e. The van der Waals surface area contributed by atoms with E-state index >= 15 is 0 Å². The molecular weight excluding hydrogens is 384 g/mol. The normalized spacial score (nSPS) is 11.0. The summed E-state index contributed by atoms with van der Waals surface area (Å²) in [7, 11) is 0. The van der Waals surface area contributed by atoms with Crippen LogP contribution in [0.15, 0.2) is 89.4 Å². The van der Waals surface area contributed by atoms with Gasteiger partial charge in [0.25, 0.3) is 0 Å². The van der Waals surface area contributed by atoms with Crippen LogP contribution >= 0.6 is 15.9 Å². The lowest BCUT2D eigenvalue weighted by molar-refractivity contribution is 0.466. The van der Waals surface area contributed by atoms with Gasteiger partial charge in [-0.15, -0.1) is 0 Å². The third-order valence-corrected chi connectivity index (χ3v) is 5.60. The summed E-state index contributed by atoms with van der Waals surface area (Å²) in [5.41, 5.74) is 4.62. The molecule has 0 saturated heterocycles. The average molecular weight is 403 g/mol. The Bertz CT molecular complexity index is 1040. The van der Waals surface area contributed by atoms with Gasteiger partial charge in [-0.2, -0.15) is 0 Å². The lowest BCUT2D eigenvalue weighted by atomic mass is 9.90. The van der Waals surface area contributed by atoms with E-state index < -0.39 is 0 Å². The van der Waals surface area contributed by atoms with Crippen molar-refractivity contribution in [3.63, 3.8) is 0 Å². The number of phenolic OH excluding ortho intramolecular Hbond substituents is 1. The predicted molar refractivity (Wildman–Crippen MR) is 112 cm³/mol. The first-order valence-corrected chi connectivity index (χ1v) is 9.52. The Balaban J connectivity index is 1.93. The van der Waals surface area contributed by atoms with E-state index in [-0.39, 0.29) is 0 Å². The van der Waals surface area contributed by atoms with E-state index in [9.17, 15) is 5.11 Å². The maximum absolute atomic E-state index is 11.0. The molecule has 0 fully saturated rings. The monoisotopic (exact) mass is 402 g/mol. The maximum Gasteiger partial charge on any atom is 0.134 e. The summed E-state index contributed by atoms with van der Waals surface area (Å²) >= 11 is 3.61. The minimum Gasteiger partial charge on any atom is -0.506 e. The van der Waals surface area contributed by atoms with Crippen molar-refractivity contribution < 1.29 is 5.11 Å². The molecule has 128 valence electrons. The molecule has 0 aliphatic heterocycles. The summed E-state index contributed by atoms with van der Waals surface area (Å²) in [6, 6.07) is 29.0. The first-order chi connectivity index (χ1) is 12.7. The average Bonchev–Trinajstić information content (AvgIpc) is 2.70. The third-order valence-electron chi connectivity index (χ3n) is 4.79. The van der Waals surface area contributed by atoms with E-state index in [0.29, 0.717) is 12.2 Å². The number of benzene rings is 4. The Hall–Kier alpha value is -2.58. The van der Waals surface area contributed by atoms with Crippen LogP contribution < -0.4 is 0 Å². The minimum absolute atomic E-state index is 0.346. The lowest BCUT2D eigenvalue weighted by Gasteiger charge is -2.18. The topological polar surface area (TPSA) is 20.2 Å². The molecule has 0 radical (unpaired) electrons. The van der Waals surface area contributed by atoms with Crippen molar-refractivity contribution in [2.45, 2.75) is 12.8 Å². The molecule has 26 heavy (non-hydrogen) atoms. The molecule has 0 heterocycles. The van der Waals surface area contributed by atoms with Crippen LogP contribution in [0, 0.1) is 0 Å². The Morgan fingerprint density at radius 3 is 1.62 bits per heavy atom. The fraction of sp³-hybridized carbons (Fsp3) is 0.0833. The molecule has 0 aliphatic rings. The number of halogens is 1. The fourth-order valence-electron chi connectivity index (χ4n) is 3.50. The van der Waals surface area contributed by atoms with E-state index in [1.807, 2.05) is 30.3 Å². The third kappa shape index (κ3) is 3.25. The summed E-state index contributed by atoms with van der Waals surface area (Å²) in [5.74, 6) is 0.346. The van der Waals surface area contributed by atoms with E-state index in [2.05, 4.69) is 70.5 Å². The van der Waals surface area contributed by atoms with Gasteiger partial charge < -0.3 is 5.11 Å². The van der Waals surface area contributed by atoms with Gasteiger partial charge in [0.15, 0.2) is 0 Å². The Kier molecular flexibility index (Phi) is 4.77. The van der Waals surface area contributed by atoms with Crippen LogP contribution in [-0.2, 0) is 12.8 Å². The van der Waals surface area contributed by atoms with Gasteiger partial charge in [0.2, 0.25) is 0 Å². The Labute approximate surface area is 162 Å². The van der Waals surface area contributed by atoms with Crippen LogP contribution in [0.3, 0.4) is 0 Å². The van der Waals surface area contributed by atoms with Gasteiger partial charge in [0.1, 0.15) is 5.75 Å². The van der Waals surface area contributed by atoms with Crippen LogP contribution in [0.25, 0.3) is 10.8 Å². The van der Waals surface area contributed by atoms with Gasteiger partial charge in [0.05, 0.1) is 4.47 Å². The number of rotatable bonds is 4. The van der Waals surface area contributed by atoms with Crippen LogP contribution in [0.1, 0.15) is 22.3 Å². The molecule has 0 aliphatic carbocycles. The molecule has 0 saturated carbocycles. The molecule has 0 amide bonds. The number of aromatic hydroxyl groups is 1. The second kappa shape index (κ2) is 7.35. The Morgan fingerprint density at radius 1 is 0.577 bits per heavy atom. The molecule has 4 aromatic carbocycles. The van der Waals surface area contributed by atoms with Gasteiger partial charge in [-0.05, 0) is 49.8 Å². The standard InChI is InChI=1S/C24H19BrO/c25-23-20-14-8-7-13-19(20)21(15-17-9-3-1-4-10-17)22(24(23)26)16-18-11-5-2-6-12-18/h1-14,26H,15-16H2. The molecule has 4 aromatic rings. The molecule has 0 spiro atoms. The zero-order chi connectivity index (χ0) is 17.9. The van der Waals surface area contributed by atoms with E-state index in [1.165, 1.54) is 22.1 Å². The molecule has 0 unspecified atom stereocenters. The van der Waals surface area contributed by atoms with E-state index in [1.54, 1.807) is 0 Å². The second-order valence-electron chi connectivity index (χ2n) is 6.49. The number of phenols is 1. The number of hydrogen-bond donors (Lipinski definition) is 1. The summed E-state index contributed by atoms with van der Waals surface area (Å²) in [6.45, 7) is 0. The first-order valence-electron chi connectivity index (χ1n) is 8.73. The second-order valence-corrected chi connectivity index (χ2v) is 7.28. The number of hydrogen-bond acceptors (Lipinski definition) is 1. The van der Waals surface area contributed by atoms with E-state index in [4.69, 9.17) is 0 Å². The lowest BCUT2D eigenvalue weighted by Crippen LogP contribution is -2.00. The van der Waals surface area contributed by atoms with Gasteiger partial charge in [0, 0.05) is 12.0 Å². The van der Waals surface area contributed by atoms with E-state index in [0.717, 1.165) is 21.8 Å². The zero-order valence-electron chi connectivity index (χ0n) is 14.3. The summed E-state index contributed by atoms with van der Waals surface area (Å²) < 4.78 is 0.774. The van der Waals surface area contributed by atoms with Gasteiger partial charge in [-0.25, -0.2) is 0 Å². The maximum atomic E-state index is 11.0. The highest BCUT2D eigenvalue weighted by atomic mass is 79.9. The molecule has 2 heteroatoms. The van der Waals surface area contributed by atoms with Crippen molar-refractivity contribution >= 4 is 26.7 Å². The molecule has 0 aromatic heterocycles. The predicted octanol–water partition coefficient (Wildman–Crippen LogP) is 6.49. The van der Waals surface area contributed by atoms with Crippen LogP contribution in [0.5, 0.6) is 5.75 Å². The van der Waals surface area contributed by atoms with Crippen molar-refractivity contribution in [2.75, 3.05) is 0 Å². The van der Waals surface area contributed by atoms with Crippen molar-refractivity contribution in [1.29, 1.82) is 0 Å². The van der Waals surface area contributed by atoms with Crippen LogP contribution in [-0.4, -0.2) is 5.11 Å². The summed E-state index contributed by atoms with van der Waals surface area (Å²) in [4.78, 5) is 0. The highest BCUT2D eigenvalue weighted by Gasteiger charge is 2.18. The summed E-state index contributed by atoms with van der Waals surface area (Å²) in [5, 5.41) is 13.2. The first kappa shape index (κ1) is 16.9. The smallest absolute Gasteiger partial charge is 0.134 e. The van der Waals surface area contributed by atoms with Crippen molar-refractivity contribution in [2.24, 2.45) is 0 Å². The highest BCUT2D eigenvalue weighted by Crippen LogP contribution is 2.40. The van der Waals surface area contributed by atoms with Crippen molar-refractivity contribution in [1.82, 2.24) is 0 Å². The van der Waals surface area contributed by atoms with Gasteiger partial charge in [-0.1, -0.05) is 84.9 Å². The van der Waals surface area contributed by atoms with Crippen molar-refractivity contribution in [3.8, 4) is 5.75 Å². The Morgan fingerprint density at radius 2 is 1.04 bits per heavy atom. The zero-order valence-corrected chi connectivity index (χ0v) is 15.9. The van der Waals surface area contributed by atoms with Gasteiger partial charge in [-0.3, -0.25) is 0 Å². The molecule has 1 N–H and O–H groups in total. The van der Waals surface area contributed by atoms with Gasteiger partial charge >= 0.3 is 0 Å². The van der Waals surface area contributed by atoms with Crippen LogP contribution in [0.4, 0.5) is 0 Å². The molecule has 0 atom stereocenters. The summed E-state index contributed by atoms with van der Waals surface area (Å²) in [6.07, 6.45) is 1.50. The fourth-order valence-corrected chi connectivity index (χ4v) is 4.08. The molecule has 4 rings (SSSR count). The van der Waals surface area contributed by atoms with Crippen molar-refractivity contribution in [3.05, 3.63) is 112 Å². The van der Waals surface area contributed by atoms with Crippen LogP contribution in [0.2, 0.25) is 0 Å².